The number of nitrogens with one attached hydrogen (secondary N) is 1. The van der Waals surface area contributed by atoms with Gasteiger partial charge in [-0.25, -0.2) is 0 Å². The normalized spacial score (nSPS) is 15.1. The Morgan fingerprint density at radius 2 is 1.91 bits per heavy atom. The van der Waals surface area contributed by atoms with E-state index >= 15 is 0 Å². The quantitative estimate of drug-likeness (QED) is 0.674. The summed E-state index contributed by atoms with van der Waals surface area (Å²) in [4.78, 5) is 16.4. The van der Waals surface area contributed by atoms with Crippen molar-refractivity contribution in [3.05, 3.63) is 65.9 Å². The number of para-hydroxylation sites is 2. The van der Waals surface area contributed by atoms with Crippen LogP contribution in [0.2, 0.25) is 0 Å². The number of hydrogen-bond acceptors (Lipinski definition) is 3. The predicted molar refractivity (Wildman–Crippen MR) is 86.4 cm³/mol. The lowest BCUT2D eigenvalue weighted by Gasteiger charge is -2.04. The van der Waals surface area contributed by atoms with E-state index in [1.165, 1.54) is 0 Å². The molecule has 0 aliphatic carbocycles. The molecule has 0 unspecified atom stereocenters. The molecule has 22 heavy (non-hydrogen) atoms. The van der Waals surface area contributed by atoms with Crippen LogP contribution >= 0.6 is 0 Å². The first-order valence-corrected chi connectivity index (χ1v) is 6.93. The van der Waals surface area contributed by atoms with Gasteiger partial charge in [-0.15, -0.1) is 0 Å². The van der Waals surface area contributed by atoms with E-state index in [4.69, 9.17) is 0 Å². The van der Waals surface area contributed by atoms with Crippen LogP contribution < -0.4 is 5.32 Å². The maximum absolute atomic E-state index is 12.2. The third-order valence-corrected chi connectivity index (χ3v) is 3.79. The van der Waals surface area contributed by atoms with E-state index < -0.39 is 0 Å². The van der Waals surface area contributed by atoms with Gasteiger partial charge in [0.15, 0.2) is 0 Å². The minimum absolute atomic E-state index is 0.119. The second-order valence-corrected chi connectivity index (χ2v) is 5.13. The topological polar surface area (TPSA) is 62.2 Å². The van der Waals surface area contributed by atoms with Gasteiger partial charge >= 0.3 is 0 Å². The number of carbonyl (C=O) groups is 1. The Balaban J connectivity index is 1.94. The van der Waals surface area contributed by atoms with Gasteiger partial charge in [-0.1, -0.05) is 30.3 Å². The Kier molecular flexibility index (Phi) is 2.69. The molecule has 0 saturated heterocycles. The van der Waals surface area contributed by atoms with Crippen molar-refractivity contribution in [1.29, 1.82) is 0 Å². The number of rotatable bonds is 1. The molecular formula is C18H12N2O2. The van der Waals surface area contributed by atoms with Crippen LogP contribution in [0.15, 0.2) is 54.7 Å². The highest BCUT2D eigenvalue weighted by molar-refractivity contribution is 6.35. The number of aromatic nitrogens is 1. The summed E-state index contributed by atoms with van der Waals surface area (Å²) in [6, 6.07) is 14.7. The van der Waals surface area contributed by atoms with Crippen molar-refractivity contribution < 1.29 is 9.90 Å². The Hall–Kier alpha value is -3.14. The SMILES string of the molecule is O=C1Nc2ccccc2C1=Cc1ccnc2c(O)cccc12. The van der Waals surface area contributed by atoms with Gasteiger partial charge in [-0.2, -0.15) is 0 Å². The van der Waals surface area contributed by atoms with Gasteiger partial charge in [0.25, 0.3) is 5.91 Å². The van der Waals surface area contributed by atoms with E-state index in [2.05, 4.69) is 10.3 Å². The molecular weight excluding hydrogens is 276 g/mol. The molecule has 2 N–H and O–H groups in total. The highest BCUT2D eigenvalue weighted by Gasteiger charge is 2.23. The van der Waals surface area contributed by atoms with Crippen LogP contribution in [0, 0.1) is 0 Å². The Morgan fingerprint density at radius 3 is 2.82 bits per heavy atom. The maximum Gasteiger partial charge on any atom is 0.256 e. The molecule has 1 amide bonds. The molecule has 0 bridgehead atoms. The largest absolute Gasteiger partial charge is 0.506 e. The van der Waals surface area contributed by atoms with Gasteiger partial charge in [-0.05, 0) is 29.8 Å². The number of fused-ring (bicyclic) bond motifs is 2. The van der Waals surface area contributed by atoms with E-state index in [-0.39, 0.29) is 11.7 Å². The minimum atomic E-state index is -0.119. The molecule has 1 aliphatic rings. The third kappa shape index (κ3) is 1.85. The fourth-order valence-electron chi connectivity index (χ4n) is 2.75. The maximum atomic E-state index is 12.2. The zero-order valence-electron chi connectivity index (χ0n) is 11.6. The summed E-state index contributed by atoms with van der Waals surface area (Å²) in [5.74, 6) is 0.0142. The number of phenolic OH excluding ortho intramolecular Hbond substituents is 1. The minimum Gasteiger partial charge on any atom is -0.506 e. The Bertz CT molecular complexity index is 945. The van der Waals surface area contributed by atoms with Gasteiger partial charge < -0.3 is 10.4 Å². The zero-order chi connectivity index (χ0) is 15.1. The molecule has 0 atom stereocenters. The molecule has 106 valence electrons. The van der Waals surface area contributed by atoms with Crippen molar-refractivity contribution in [3.63, 3.8) is 0 Å². The van der Waals surface area contributed by atoms with Crippen LogP contribution in [-0.2, 0) is 4.79 Å². The number of carbonyl (C=O) groups excluding carboxylic acids is 1. The predicted octanol–water partition coefficient (Wildman–Crippen LogP) is 3.43. The number of amides is 1. The van der Waals surface area contributed by atoms with E-state index in [1.54, 1.807) is 18.3 Å². The fourth-order valence-corrected chi connectivity index (χ4v) is 2.75. The molecule has 3 aromatic rings. The van der Waals surface area contributed by atoms with Gasteiger partial charge in [0.05, 0.1) is 0 Å². The second-order valence-electron chi connectivity index (χ2n) is 5.13. The van der Waals surface area contributed by atoms with Crippen LogP contribution in [0.1, 0.15) is 11.1 Å². The van der Waals surface area contributed by atoms with Crippen LogP contribution in [-0.4, -0.2) is 16.0 Å². The monoisotopic (exact) mass is 288 g/mol. The van der Waals surface area contributed by atoms with Crippen LogP contribution in [0.4, 0.5) is 5.69 Å². The molecule has 4 heteroatoms. The number of hydrogen-bond donors (Lipinski definition) is 2. The van der Waals surface area contributed by atoms with Gasteiger partial charge in [0.2, 0.25) is 0 Å². The average molecular weight is 288 g/mol. The van der Waals surface area contributed by atoms with Crippen molar-refractivity contribution in [3.8, 4) is 5.75 Å². The summed E-state index contributed by atoms with van der Waals surface area (Å²) >= 11 is 0. The van der Waals surface area contributed by atoms with Crippen molar-refractivity contribution in [2.75, 3.05) is 5.32 Å². The van der Waals surface area contributed by atoms with E-state index in [0.29, 0.717) is 11.1 Å². The summed E-state index contributed by atoms with van der Waals surface area (Å²) in [6.07, 6.45) is 3.47. The van der Waals surface area contributed by atoms with Crippen molar-refractivity contribution in [2.45, 2.75) is 0 Å². The lowest BCUT2D eigenvalue weighted by Crippen LogP contribution is -2.03. The molecule has 0 spiro atoms. The van der Waals surface area contributed by atoms with Gasteiger partial charge in [0.1, 0.15) is 11.3 Å². The summed E-state index contributed by atoms with van der Waals surface area (Å²) in [5.41, 5.74) is 3.70. The molecule has 0 fully saturated rings. The number of nitrogens with zero attached hydrogens (tertiary/aromatic N) is 1. The average Bonchev–Trinajstić information content (AvgIpc) is 2.84. The first kappa shape index (κ1) is 12.6. The molecule has 4 rings (SSSR count). The summed E-state index contributed by atoms with van der Waals surface area (Å²) in [5, 5.41) is 13.6. The van der Waals surface area contributed by atoms with E-state index in [1.807, 2.05) is 42.5 Å². The Labute approximate surface area is 126 Å². The molecule has 2 heterocycles. The van der Waals surface area contributed by atoms with Gasteiger partial charge in [-0.3, -0.25) is 9.78 Å². The zero-order valence-corrected chi connectivity index (χ0v) is 11.6. The number of phenols is 1. The van der Waals surface area contributed by atoms with Crippen molar-refractivity contribution in [2.24, 2.45) is 0 Å². The number of aromatic hydroxyl groups is 1. The fraction of sp³-hybridized carbons (Fsp3) is 0. The highest BCUT2D eigenvalue weighted by Crippen LogP contribution is 2.34. The van der Waals surface area contributed by atoms with Crippen LogP contribution in [0.25, 0.3) is 22.6 Å². The van der Waals surface area contributed by atoms with Crippen LogP contribution in [0.3, 0.4) is 0 Å². The van der Waals surface area contributed by atoms with Crippen molar-refractivity contribution >= 4 is 34.1 Å². The first-order chi connectivity index (χ1) is 10.7. The Morgan fingerprint density at radius 1 is 1.05 bits per heavy atom. The highest BCUT2D eigenvalue weighted by atomic mass is 16.3. The smallest absolute Gasteiger partial charge is 0.256 e. The number of pyridine rings is 1. The molecule has 0 radical (unpaired) electrons. The number of anilines is 1. The summed E-state index contributed by atoms with van der Waals surface area (Å²) in [6.45, 7) is 0. The van der Waals surface area contributed by atoms with E-state index in [0.717, 1.165) is 22.2 Å². The third-order valence-electron chi connectivity index (χ3n) is 3.79. The molecule has 0 saturated carbocycles. The van der Waals surface area contributed by atoms with Gasteiger partial charge in [0, 0.05) is 28.4 Å². The first-order valence-electron chi connectivity index (χ1n) is 6.93. The molecule has 4 nitrogen and oxygen atoms in total. The lowest BCUT2D eigenvalue weighted by atomic mass is 10.0. The lowest BCUT2D eigenvalue weighted by molar-refractivity contribution is -0.110. The summed E-state index contributed by atoms with van der Waals surface area (Å²) < 4.78 is 0. The molecule has 2 aromatic carbocycles. The summed E-state index contributed by atoms with van der Waals surface area (Å²) in [7, 11) is 0. The molecule has 1 aromatic heterocycles. The number of benzene rings is 2. The van der Waals surface area contributed by atoms with Crippen molar-refractivity contribution in [1.82, 2.24) is 4.98 Å². The second kappa shape index (κ2) is 4.70. The van der Waals surface area contributed by atoms with E-state index in [9.17, 15) is 9.90 Å². The molecule has 1 aliphatic heterocycles. The van der Waals surface area contributed by atoms with Crippen LogP contribution in [0.5, 0.6) is 5.75 Å². The standard InChI is InChI=1S/C18H12N2O2/c21-16-7-3-5-12-11(8-9-19-17(12)16)10-14-13-4-1-2-6-15(13)20-18(14)22/h1-10,21H,(H,20,22).